The third-order valence-electron chi connectivity index (χ3n) is 4.61. The molecule has 120 valence electrons. The number of nitrogens with two attached hydrogens (primary N) is 1. The van der Waals surface area contributed by atoms with E-state index in [4.69, 9.17) is 10.2 Å². The lowest BCUT2D eigenvalue weighted by Crippen LogP contribution is -2.34. The van der Waals surface area contributed by atoms with Gasteiger partial charge in [-0.15, -0.1) is 12.4 Å². The summed E-state index contributed by atoms with van der Waals surface area (Å²) in [7, 11) is 1.85. The minimum Gasteiger partial charge on any atom is -0.459 e. The van der Waals surface area contributed by atoms with Crippen molar-refractivity contribution in [3.05, 3.63) is 36.1 Å². The third kappa shape index (κ3) is 3.13. The normalized spacial score (nSPS) is 22.3. The molecule has 22 heavy (non-hydrogen) atoms. The van der Waals surface area contributed by atoms with Gasteiger partial charge in [0.15, 0.2) is 0 Å². The topological polar surface area (TPSA) is 59.5 Å². The molecule has 1 aromatic carbocycles. The number of halogens is 1. The zero-order valence-electron chi connectivity index (χ0n) is 13.0. The lowest BCUT2D eigenvalue weighted by Gasteiger charge is -2.26. The zero-order valence-corrected chi connectivity index (χ0v) is 13.8. The SMILES string of the molecule is CC(c1cc2ccccc2o1)N(C)C(=O)C1CCC(N)C1.Cl. The van der Waals surface area contributed by atoms with Crippen molar-refractivity contribution in [2.45, 2.75) is 38.3 Å². The molecule has 3 unspecified atom stereocenters. The highest BCUT2D eigenvalue weighted by Gasteiger charge is 2.32. The lowest BCUT2D eigenvalue weighted by atomic mass is 10.0. The number of rotatable bonds is 3. The van der Waals surface area contributed by atoms with E-state index >= 15 is 0 Å². The Labute approximate surface area is 137 Å². The minimum absolute atomic E-state index is 0. The Bertz CT molecular complexity index is 622. The summed E-state index contributed by atoms with van der Waals surface area (Å²) in [6.07, 6.45) is 2.65. The molecule has 0 spiro atoms. The average Bonchev–Trinajstić information content (AvgIpc) is 3.10. The molecule has 1 amide bonds. The van der Waals surface area contributed by atoms with Crippen LogP contribution in [0.25, 0.3) is 11.0 Å². The molecule has 3 atom stereocenters. The molecule has 1 fully saturated rings. The summed E-state index contributed by atoms with van der Waals surface area (Å²) < 4.78 is 5.87. The maximum absolute atomic E-state index is 12.5. The van der Waals surface area contributed by atoms with Gasteiger partial charge in [0.2, 0.25) is 5.91 Å². The number of hydrogen-bond acceptors (Lipinski definition) is 3. The molecule has 0 aliphatic heterocycles. The van der Waals surface area contributed by atoms with Gasteiger partial charge in [0, 0.05) is 24.4 Å². The Morgan fingerprint density at radius 1 is 1.36 bits per heavy atom. The fourth-order valence-corrected chi connectivity index (χ4v) is 3.12. The van der Waals surface area contributed by atoms with Gasteiger partial charge in [0.1, 0.15) is 11.3 Å². The molecule has 4 nitrogen and oxygen atoms in total. The third-order valence-corrected chi connectivity index (χ3v) is 4.61. The number of benzene rings is 1. The Balaban J connectivity index is 0.00000176. The number of para-hydroxylation sites is 1. The van der Waals surface area contributed by atoms with Crippen LogP contribution in [0.3, 0.4) is 0 Å². The van der Waals surface area contributed by atoms with Crippen molar-refractivity contribution in [1.29, 1.82) is 0 Å². The number of fused-ring (bicyclic) bond motifs is 1. The fraction of sp³-hybridized carbons (Fsp3) is 0.471. The average molecular weight is 323 g/mol. The van der Waals surface area contributed by atoms with E-state index in [2.05, 4.69) is 0 Å². The summed E-state index contributed by atoms with van der Waals surface area (Å²) in [5.41, 5.74) is 6.78. The second-order valence-electron chi connectivity index (χ2n) is 6.08. The van der Waals surface area contributed by atoms with Crippen LogP contribution in [0.5, 0.6) is 0 Å². The molecule has 0 bridgehead atoms. The summed E-state index contributed by atoms with van der Waals surface area (Å²) in [4.78, 5) is 14.3. The van der Waals surface area contributed by atoms with Gasteiger partial charge in [-0.1, -0.05) is 18.2 Å². The molecule has 0 saturated heterocycles. The van der Waals surface area contributed by atoms with Gasteiger partial charge in [-0.25, -0.2) is 0 Å². The van der Waals surface area contributed by atoms with Crippen molar-refractivity contribution in [3.63, 3.8) is 0 Å². The van der Waals surface area contributed by atoms with Gasteiger partial charge in [-0.05, 0) is 38.3 Å². The molecule has 0 radical (unpaired) electrons. The number of nitrogens with zero attached hydrogens (tertiary/aromatic N) is 1. The quantitative estimate of drug-likeness (QED) is 0.940. The van der Waals surface area contributed by atoms with Gasteiger partial charge in [-0.3, -0.25) is 4.79 Å². The van der Waals surface area contributed by atoms with Gasteiger partial charge < -0.3 is 15.1 Å². The number of hydrogen-bond donors (Lipinski definition) is 1. The van der Waals surface area contributed by atoms with Crippen LogP contribution in [-0.2, 0) is 4.79 Å². The van der Waals surface area contributed by atoms with Gasteiger partial charge >= 0.3 is 0 Å². The van der Waals surface area contributed by atoms with Crippen LogP contribution in [0.2, 0.25) is 0 Å². The monoisotopic (exact) mass is 322 g/mol. The molecule has 1 aromatic heterocycles. The number of furan rings is 1. The largest absolute Gasteiger partial charge is 0.459 e. The van der Waals surface area contributed by atoms with Crippen LogP contribution in [-0.4, -0.2) is 23.9 Å². The molecular weight excluding hydrogens is 300 g/mol. The van der Waals surface area contributed by atoms with Crippen LogP contribution in [0.1, 0.15) is 38.0 Å². The maximum atomic E-state index is 12.5. The maximum Gasteiger partial charge on any atom is 0.226 e. The Hall–Kier alpha value is -1.52. The van der Waals surface area contributed by atoms with Crippen LogP contribution in [0.4, 0.5) is 0 Å². The predicted octanol–water partition coefficient (Wildman–Crippen LogP) is 3.50. The lowest BCUT2D eigenvalue weighted by molar-refractivity contribution is -0.136. The molecular formula is C17H23ClN2O2. The highest BCUT2D eigenvalue weighted by Crippen LogP contribution is 2.31. The van der Waals surface area contributed by atoms with E-state index < -0.39 is 0 Å². The van der Waals surface area contributed by atoms with E-state index in [1.807, 2.05) is 44.3 Å². The van der Waals surface area contributed by atoms with Gasteiger partial charge in [0.05, 0.1) is 6.04 Å². The van der Waals surface area contributed by atoms with E-state index in [0.29, 0.717) is 0 Å². The van der Waals surface area contributed by atoms with Crippen LogP contribution in [0, 0.1) is 5.92 Å². The van der Waals surface area contributed by atoms with Crippen molar-refractivity contribution in [2.24, 2.45) is 11.7 Å². The molecule has 2 aromatic rings. The summed E-state index contributed by atoms with van der Waals surface area (Å²) >= 11 is 0. The highest BCUT2D eigenvalue weighted by atomic mass is 35.5. The molecule has 2 N–H and O–H groups in total. The molecule has 1 heterocycles. The first-order valence-electron chi connectivity index (χ1n) is 7.57. The summed E-state index contributed by atoms with van der Waals surface area (Å²) in [6, 6.07) is 10.0. The number of amides is 1. The van der Waals surface area contributed by atoms with E-state index in [9.17, 15) is 4.79 Å². The molecule has 1 aliphatic rings. The second-order valence-corrected chi connectivity index (χ2v) is 6.08. The van der Waals surface area contributed by atoms with Crippen molar-refractivity contribution in [3.8, 4) is 0 Å². The Morgan fingerprint density at radius 3 is 2.73 bits per heavy atom. The van der Waals surface area contributed by atoms with E-state index in [0.717, 1.165) is 36.0 Å². The fourth-order valence-electron chi connectivity index (χ4n) is 3.12. The Morgan fingerprint density at radius 2 is 2.09 bits per heavy atom. The van der Waals surface area contributed by atoms with Gasteiger partial charge in [-0.2, -0.15) is 0 Å². The number of carbonyl (C=O) groups is 1. The summed E-state index contributed by atoms with van der Waals surface area (Å²) in [5.74, 6) is 1.07. The van der Waals surface area contributed by atoms with Crippen molar-refractivity contribution >= 4 is 29.3 Å². The smallest absolute Gasteiger partial charge is 0.226 e. The molecule has 1 aliphatic carbocycles. The minimum atomic E-state index is -0.0678. The first kappa shape index (κ1) is 16.8. The van der Waals surface area contributed by atoms with E-state index in [-0.39, 0.29) is 36.3 Å². The predicted molar refractivity (Wildman–Crippen MR) is 90.0 cm³/mol. The van der Waals surface area contributed by atoms with E-state index in [1.165, 1.54) is 0 Å². The van der Waals surface area contributed by atoms with Crippen LogP contribution < -0.4 is 5.73 Å². The number of carbonyl (C=O) groups excluding carboxylic acids is 1. The van der Waals surface area contributed by atoms with Crippen molar-refractivity contribution in [1.82, 2.24) is 4.90 Å². The Kier molecular flexibility index (Phi) is 5.14. The van der Waals surface area contributed by atoms with Crippen molar-refractivity contribution < 1.29 is 9.21 Å². The van der Waals surface area contributed by atoms with Crippen molar-refractivity contribution in [2.75, 3.05) is 7.05 Å². The molecule has 3 rings (SSSR count). The second kappa shape index (κ2) is 6.71. The van der Waals surface area contributed by atoms with Crippen LogP contribution in [0.15, 0.2) is 34.7 Å². The van der Waals surface area contributed by atoms with E-state index in [1.54, 1.807) is 4.90 Å². The van der Waals surface area contributed by atoms with Crippen LogP contribution >= 0.6 is 12.4 Å². The first-order chi connectivity index (χ1) is 10.1. The van der Waals surface area contributed by atoms with Gasteiger partial charge in [0.25, 0.3) is 0 Å². The summed E-state index contributed by atoms with van der Waals surface area (Å²) in [5, 5.41) is 1.07. The zero-order chi connectivity index (χ0) is 15.0. The summed E-state index contributed by atoms with van der Waals surface area (Å²) in [6.45, 7) is 2.00. The highest BCUT2D eigenvalue weighted by molar-refractivity contribution is 5.85. The standard InChI is InChI=1S/C17H22N2O2.ClH/c1-11(16-10-12-5-3-4-6-15(12)21-16)19(2)17(20)13-7-8-14(18)9-13;/h3-6,10-11,13-14H,7-9,18H2,1-2H3;1H. The first-order valence-corrected chi connectivity index (χ1v) is 7.57. The molecule has 1 saturated carbocycles. The molecule has 5 heteroatoms.